The van der Waals surface area contributed by atoms with E-state index in [2.05, 4.69) is 10.1 Å². The molecule has 1 fully saturated rings. The number of hydrogen-bond acceptors (Lipinski definition) is 3. The van der Waals surface area contributed by atoms with Gasteiger partial charge in [-0.1, -0.05) is 12.1 Å². The molecule has 1 amide bonds. The second kappa shape index (κ2) is 6.82. The monoisotopic (exact) mass is 363 g/mol. The summed E-state index contributed by atoms with van der Waals surface area (Å²) in [6.07, 6.45) is -4.44. The van der Waals surface area contributed by atoms with Gasteiger partial charge in [0.05, 0.1) is 18.1 Å². The Morgan fingerprint density at radius 1 is 1.40 bits per heavy atom. The lowest BCUT2D eigenvalue weighted by molar-refractivity contribution is -0.274. The number of carbonyl (C=O) groups is 1. The lowest BCUT2D eigenvalue weighted by Gasteiger charge is -2.25. The summed E-state index contributed by atoms with van der Waals surface area (Å²) in [5, 5.41) is 12.8. The van der Waals surface area contributed by atoms with Crippen molar-refractivity contribution in [2.24, 2.45) is 0 Å². The smallest absolute Gasteiger partial charge is 0.406 e. The number of halogens is 4. The highest BCUT2D eigenvalue weighted by atomic mass is 19.4. The van der Waals surface area contributed by atoms with Crippen LogP contribution in [0.4, 0.5) is 17.6 Å². The molecule has 1 unspecified atom stereocenters. The van der Waals surface area contributed by atoms with Crippen molar-refractivity contribution in [1.82, 2.24) is 5.32 Å². The maximum Gasteiger partial charge on any atom is 0.573 e. The van der Waals surface area contributed by atoms with Crippen molar-refractivity contribution in [2.45, 2.75) is 63.2 Å². The van der Waals surface area contributed by atoms with Crippen LogP contribution in [-0.4, -0.2) is 28.6 Å². The predicted octanol–water partition coefficient (Wildman–Crippen LogP) is 3.80. The fourth-order valence-electron chi connectivity index (χ4n) is 2.76. The third kappa shape index (κ3) is 6.53. The highest BCUT2D eigenvalue weighted by Crippen LogP contribution is 2.46. The van der Waals surface area contributed by atoms with Crippen LogP contribution in [0.1, 0.15) is 51.1 Å². The molecule has 0 saturated heterocycles. The van der Waals surface area contributed by atoms with Gasteiger partial charge in [-0.3, -0.25) is 4.79 Å². The molecule has 1 aliphatic rings. The van der Waals surface area contributed by atoms with Gasteiger partial charge in [0.1, 0.15) is 11.4 Å². The van der Waals surface area contributed by atoms with Gasteiger partial charge in [0, 0.05) is 6.42 Å². The van der Waals surface area contributed by atoms with E-state index in [9.17, 15) is 27.5 Å². The molecule has 2 rings (SSSR count). The number of aliphatic hydroxyl groups is 1. The predicted molar refractivity (Wildman–Crippen MR) is 82.6 cm³/mol. The van der Waals surface area contributed by atoms with E-state index in [-0.39, 0.29) is 18.6 Å². The van der Waals surface area contributed by atoms with E-state index in [0.717, 1.165) is 6.07 Å². The van der Waals surface area contributed by atoms with Gasteiger partial charge in [0.15, 0.2) is 0 Å². The van der Waals surface area contributed by atoms with Crippen molar-refractivity contribution in [3.63, 3.8) is 0 Å². The molecular formula is C17H21F4NO3. The van der Waals surface area contributed by atoms with Crippen LogP contribution in [0.2, 0.25) is 0 Å². The molecule has 140 valence electrons. The van der Waals surface area contributed by atoms with Crippen LogP contribution < -0.4 is 10.1 Å². The van der Waals surface area contributed by atoms with Gasteiger partial charge in [-0.25, -0.2) is 4.39 Å². The first-order valence-corrected chi connectivity index (χ1v) is 7.94. The molecule has 2 atom stereocenters. The maximum absolute atomic E-state index is 13.8. The van der Waals surface area contributed by atoms with Crippen LogP contribution >= 0.6 is 0 Å². The van der Waals surface area contributed by atoms with Crippen molar-refractivity contribution in [2.75, 3.05) is 0 Å². The summed E-state index contributed by atoms with van der Waals surface area (Å²) in [4.78, 5) is 12.1. The molecule has 0 aromatic heterocycles. The van der Waals surface area contributed by atoms with Crippen molar-refractivity contribution in [3.05, 3.63) is 29.8 Å². The molecule has 1 aromatic rings. The largest absolute Gasteiger partial charge is 0.573 e. The minimum Gasteiger partial charge on any atom is -0.406 e. The Hall–Kier alpha value is -1.83. The van der Waals surface area contributed by atoms with Crippen LogP contribution in [0.5, 0.6) is 5.75 Å². The molecular weight excluding hydrogens is 342 g/mol. The molecule has 25 heavy (non-hydrogen) atoms. The van der Waals surface area contributed by atoms with Gasteiger partial charge < -0.3 is 15.2 Å². The third-order valence-corrected chi connectivity index (χ3v) is 4.00. The number of benzene rings is 1. The normalized spacial score (nSPS) is 19.6. The summed E-state index contributed by atoms with van der Waals surface area (Å²) in [5.74, 6) is -0.893. The standard InChI is InChI=1S/C17H21F4NO3/c1-11(12-4-3-5-13(8-12)25-17(19,20)21)22-14(23)9-15(2,24)10-16(18)6-7-16/h3-5,8,11,24H,6-7,9-10H2,1-2H3,(H,22,23)/t11-,15?/m0/s1. The summed E-state index contributed by atoms with van der Waals surface area (Å²) < 4.78 is 54.4. The van der Waals surface area contributed by atoms with E-state index in [1.54, 1.807) is 13.0 Å². The fraction of sp³-hybridized carbons (Fsp3) is 0.588. The Morgan fingerprint density at radius 2 is 2.04 bits per heavy atom. The summed E-state index contributed by atoms with van der Waals surface area (Å²) in [6, 6.07) is 4.67. The molecule has 1 saturated carbocycles. The Labute approximate surface area is 143 Å². The van der Waals surface area contributed by atoms with Gasteiger partial charge in [-0.05, 0) is 44.4 Å². The Kier molecular flexibility index (Phi) is 5.32. The summed E-state index contributed by atoms with van der Waals surface area (Å²) in [7, 11) is 0. The van der Waals surface area contributed by atoms with E-state index in [0.29, 0.717) is 18.4 Å². The number of amides is 1. The first-order valence-electron chi connectivity index (χ1n) is 7.94. The second-order valence-electron chi connectivity index (χ2n) is 6.91. The van der Waals surface area contributed by atoms with E-state index >= 15 is 0 Å². The average molecular weight is 363 g/mol. The topological polar surface area (TPSA) is 58.6 Å². The molecule has 0 heterocycles. The van der Waals surface area contributed by atoms with Crippen molar-refractivity contribution in [1.29, 1.82) is 0 Å². The molecule has 0 aliphatic heterocycles. The molecule has 2 N–H and O–H groups in total. The van der Waals surface area contributed by atoms with Crippen LogP contribution in [0.25, 0.3) is 0 Å². The quantitative estimate of drug-likeness (QED) is 0.725. The highest BCUT2D eigenvalue weighted by Gasteiger charge is 2.48. The van der Waals surface area contributed by atoms with Crippen molar-refractivity contribution in [3.8, 4) is 5.75 Å². The first-order chi connectivity index (χ1) is 11.4. The molecule has 4 nitrogen and oxygen atoms in total. The SMILES string of the molecule is C[C@H](NC(=O)CC(C)(O)CC1(F)CC1)c1cccc(OC(F)(F)F)c1. The lowest BCUT2D eigenvalue weighted by Crippen LogP contribution is -2.37. The van der Waals surface area contributed by atoms with E-state index in [1.165, 1.54) is 19.1 Å². The van der Waals surface area contributed by atoms with Crippen molar-refractivity contribution < 1.29 is 32.2 Å². The Morgan fingerprint density at radius 3 is 2.60 bits per heavy atom. The van der Waals surface area contributed by atoms with Crippen LogP contribution in [0, 0.1) is 0 Å². The molecule has 1 aliphatic carbocycles. The molecule has 0 bridgehead atoms. The lowest BCUT2D eigenvalue weighted by atomic mass is 9.93. The molecule has 0 spiro atoms. The molecule has 0 radical (unpaired) electrons. The number of ether oxygens (including phenoxy) is 1. The summed E-state index contributed by atoms with van der Waals surface area (Å²) >= 11 is 0. The zero-order valence-corrected chi connectivity index (χ0v) is 14.0. The molecule has 8 heteroatoms. The fourth-order valence-corrected chi connectivity index (χ4v) is 2.76. The van der Waals surface area contributed by atoms with Crippen LogP contribution in [-0.2, 0) is 4.79 Å². The van der Waals surface area contributed by atoms with Gasteiger partial charge in [-0.2, -0.15) is 0 Å². The number of rotatable bonds is 7. The van der Waals surface area contributed by atoms with Gasteiger partial charge >= 0.3 is 6.36 Å². The van der Waals surface area contributed by atoms with E-state index < -0.39 is 29.6 Å². The zero-order valence-electron chi connectivity index (χ0n) is 14.0. The van der Waals surface area contributed by atoms with Gasteiger partial charge in [-0.15, -0.1) is 13.2 Å². The molecule has 1 aromatic carbocycles. The summed E-state index contributed by atoms with van der Waals surface area (Å²) in [6.45, 7) is 2.99. The number of nitrogens with one attached hydrogen (secondary N) is 1. The number of hydrogen-bond donors (Lipinski definition) is 2. The van der Waals surface area contributed by atoms with E-state index in [1.807, 2.05) is 0 Å². The van der Waals surface area contributed by atoms with Crippen LogP contribution in [0.3, 0.4) is 0 Å². The summed E-state index contributed by atoms with van der Waals surface area (Å²) in [5.41, 5.74) is -2.45. The van der Waals surface area contributed by atoms with Crippen molar-refractivity contribution >= 4 is 5.91 Å². The second-order valence-corrected chi connectivity index (χ2v) is 6.91. The number of carbonyl (C=O) groups excluding carboxylic acids is 1. The highest BCUT2D eigenvalue weighted by molar-refractivity contribution is 5.77. The van der Waals surface area contributed by atoms with Crippen LogP contribution in [0.15, 0.2) is 24.3 Å². The third-order valence-electron chi connectivity index (χ3n) is 4.00. The maximum atomic E-state index is 13.8. The minimum atomic E-state index is -4.80. The van der Waals surface area contributed by atoms with Gasteiger partial charge in [0.25, 0.3) is 0 Å². The number of alkyl halides is 4. The Bertz CT molecular complexity index is 627. The zero-order chi connectivity index (χ0) is 18.9. The first kappa shape index (κ1) is 19.5. The van der Waals surface area contributed by atoms with E-state index in [4.69, 9.17) is 0 Å². The average Bonchev–Trinajstić information content (AvgIpc) is 3.12. The Balaban J connectivity index is 1.93. The minimum absolute atomic E-state index is 0.114. The van der Waals surface area contributed by atoms with Gasteiger partial charge in [0.2, 0.25) is 5.91 Å².